The van der Waals surface area contributed by atoms with E-state index in [4.69, 9.17) is 22.1 Å². The molecule has 0 aliphatic carbocycles. The molecule has 1 saturated heterocycles. The second kappa shape index (κ2) is 8.76. The van der Waals surface area contributed by atoms with Gasteiger partial charge in [-0.25, -0.2) is 9.97 Å². The number of hydrogen-bond acceptors (Lipinski definition) is 7. The SMILES string of the molecule is Cn1ccc(-c2nc(N)c(C(=O)NC3CCOCC3)nc2-c2cc(Cl)c3ncccc3c2)n1. The van der Waals surface area contributed by atoms with Crippen LogP contribution in [0, 0.1) is 0 Å². The average molecular weight is 464 g/mol. The van der Waals surface area contributed by atoms with Crippen LogP contribution in [-0.2, 0) is 11.8 Å². The lowest BCUT2D eigenvalue weighted by Gasteiger charge is -2.23. The van der Waals surface area contributed by atoms with Crippen molar-refractivity contribution in [3.05, 3.63) is 53.4 Å². The van der Waals surface area contributed by atoms with E-state index >= 15 is 0 Å². The van der Waals surface area contributed by atoms with Gasteiger partial charge in [0.05, 0.1) is 16.2 Å². The number of halogens is 1. The summed E-state index contributed by atoms with van der Waals surface area (Å²) < 4.78 is 7.04. The molecule has 0 bridgehead atoms. The Kier molecular flexibility index (Phi) is 5.65. The van der Waals surface area contributed by atoms with E-state index < -0.39 is 0 Å². The maximum Gasteiger partial charge on any atom is 0.273 e. The first-order valence-electron chi connectivity index (χ1n) is 10.6. The predicted octanol–water partition coefficient (Wildman–Crippen LogP) is 3.24. The van der Waals surface area contributed by atoms with Crippen LogP contribution >= 0.6 is 11.6 Å². The molecule has 5 rings (SSSR count). The van der Waals surface area contributed by atoms with Crippen molar-refractivity contribution in [1.29, 1.82) is 0 Å². The molecule has 9 nitrogen and oxygen atoms in total. The van der Waals surface area contributed by atoms with Gasteiger partial charge < -0.3 is 15.8 Å². The molecule has 3 aromatic heterocycles. The normalized spacial score (nSPS) is 14.5. The number of amides is 1. The van der Waals surface area contributed by atoms with Crippen LogP contribution in [0.4, 0.5) is 5.82 Å². The highest BCUT2D eigenvalue weighted by atomic mass is 35.5. The van der Waals surface area contributed by atoms with Gasteiger partial charge in [0.2, 0.25) is 0 Å². The molecule has 4 heterocycles. The summed E-state index contributed by atoms with van der Waals surface area (Å²) in [4.78, 5) is 26.6. The number of carbonyl (C=O) groups is 1. The van der Waals surface area contributed by atoms with E-state index in [1.54, 1.807) is 23.1 Å². The first kappa shape index (κ1) is 21.3. The highest BCUT2D eigenvalue weighted by molar-refractivity contribution is 6.35. The number of fused-ring (bicyclic) bond motifs is 1. The van der Waals surface area contributed by atoms with Crippen LogP contribution in [0.25, 0.3) is 33.5 Å². The monoisotopic (exact) mass is 463 g/mol. The first-order chi connectivity index (χ1) is 16.0. The van der Waals surface area contributed by atoms with Crippen LogP contribution in [0.2, 0.25) is 5.02 Å². The molecule has 1 amide bonds. The van der Waals surface area contributed by atoms with E-state index in [1.165, 1.54) is 0 Å². The molecule has 1 aliphatic rings. The molecule has 4 aromatic rings. The zero-order chi connectivity index (χ0) is 22.9. The summed E-state index contributed by atoms with van der Waals surface area (Å²) in [5.41, 5.74) is 9.17. The molecule has 168 valence electrons. The van der Waals surface area contributed by atoms with Crippen molar-refractivity contribution < 1.29 is 9.53 Å². The standard InChI is InChI=1S/C23H22ClN7O2/c1-31-8-4-17(30-31)20-19(14-11-13-3-2-7-26-18(13)16(24)12-14)28-21(22(25)29-20)23(32)27-15-5-9-33-10-6-15/h2-4,7-8,11-12,15H,5-6,9-10H2,1H3,(H2,25,29)(H,27,32). The number of nitrogens with zero attached hydrogens (tertiary/aromatic N) is 5. The molecule has 0 spiro atoms. The Labute approximate surface area is 195 Å². The van der Waals surface area contributed by atoms with Crippen LogP contribution in [0.15, 0.2) is 42.7 Å². The Morgan fingerprint density at radius 3 is 2.79 bits per heavy atom. The Balaban J connectivity index is 1.64. The van der Waals surface area contributed by atoms with Crippen LogP contribution < -0.4 is 11.1 Å². The van der Waals surface area contributed by atoms with Crippen LogP contribution in [-0.4, -0.2) is 49.9 Å². The van der Waals surface area contributed by atoms with Gasteiger partial charge in [-0.15, -0.1) is 0 Å². The fraction of sp³-hybridized carbons (Fsp3) is 0.261. The summed E-state index contributed by atoms with van der Waals surface area (Å²) in [5, 5.41) is 8.78. The molecule has 0 atom stereocenters. The number of aromatic nitrogens is 5. The van der Waals surface area contributed by atoms with Crippen LogP contribution in [0.1, 0.15) is 23.3 Å². The van der Waals surface area contributed by atoms with Crippen molar-refractivity contribution in [2.75, 3.05) is 18.9 Å². The third-order valence-electron chi connectivity index (χ3n) is 5.58. The number of nitrogen functional groups attached to an aromatic ring is 1. The summed E-state index contributed by atoms with van der Waals surface area (Å²) in [6.07, 6.45) is 4.98. The zero-order valence-electron chi connectivity index (χ0n) is 18.0. The van der Waals surface area contributed by atoms with Gasteiger partial charge in [0.1, 0.15) is 11.4 Å². The van der Waals surface area contributed by atoms with Crippen LogP contribution in [0.3, 0.4) is 0 Å². The number of rotatable bonds is 4. The fourth-order valence-corrected chi connectivity index (χ4v) is 4.19. The van der Waals surface area contributed by atoms with Gasteiger partial charge in [0.25, 0.3) is 5.91 Å². The van der Waals surface area contributed by atoms with Crippen molar-refractivity contribution in [3.63, 3.8) is 0 Å². The highest BCUT2D eigenvalue weighted by Crippen LogP contribution is 2.34. The fourth-order valence-electron chi connectivity index (χ4n) is 3.92. The molecule has 1 fully saturated rings. The molecule has 33 heavy (non-hydrogen) atoms. The summed E-state index contributed by atoms with van der Waals surface area (Å²) in [6.45, 7) is 1.22. The van der Waals surface area contributed by atoms with Gasteiger partial charge in [-0.1, -0.05) is 17.7 Å². The van der Waals surface area contributed by atoms with E-state index in [-0.39, 0.29) is 23.5 Å². The highest BCUT2D eigenvalue weighted by Gasteiger charge is 2.24. The van der Waals surface area contributed by atoms with Crippen molar-refractivity contribution in [2.24, 2.45) is 7.05 Å². The molecule has 0 radical (unpaired) electrons. The topological polar surface area (TPSA) is 121 Å². The third kappa shape index (κ3) is 4.24. The minimum absolute atomic E-state index is 0.00699. The van der Waals surface area contributed by atoms with Crippen molar-refractivity contribution in [2.45, 2.75) is 18.9 Å². The number of aryl methyl sites for hydroxylation is 1. The van der Waals surface area contributed by atoms with Crippen LogP contribution in [0.5, 0.6) is 0 Å². The number of pyridine rings is 1. The molecule has 1 aromatic carbocycles. The Hall–Kier alpha value is -3.56. The first-order valence-corrected chi connectivity index (χ1v) is 11.0. The molecule has 0 saturated carbocycles. The number of carbonyl (C=O) groups excluding carboxylic acids is 1. The van der Waals surface area contributed by atoms with E-state index in [9.17, 15) is 4.79 Å². The maximum absolute atomic E-state index is 13.1. The van der Waals surface area contributed by atoms with Gasteiger partial charge in [-0.2, -0.15) is 5.10 Å². The minimum Gasteiger partial charge on any atom is -0.382 e. The second-order valence-electron chi connectivity index (χ2n) is 7.92. The predicted molar refractivity (Wildman–Crippen MR) is 126 cm³/mol. The van der Waals surface area contributed by atoms with E-state index in [0.717, 1.165) is 18.2 Å². The Morgan fingerprint density at radius 1 is 1.21 bits per heavy atom. The van der Waals surface area contributed by atoms with Gasteiger partial charge in [-0.05, 0) is 37.1 Å². The molecule has 1 aliphatic heterocycles. The summed E-state index contributed by atoms with van der Waals surface area (Å²) in [5.74, 6) is -0.327. The molecule has 10 heteroatoms. The summed E-state index contributed by atoms with van der Waals surface area (Å²) in [7, 11) is 1.81. The number of benzene rings is 1. The Morgan fingerprint density at radius 2 is 2.03 bits per heavy atom. The van der Waals surface area contributed by atoms with E-state index in [0.29, 0.717) is 46.4 Å². The smallest absolute Gasteiger partial charge is 0.273 e. The third-order valence-corrected chi connectivity index (χ3v) is 5.87. The van der Waals surface area contributed by atoms with Gasteiger partial charge in [0, 0.05) is 49.6 Å². The Bertz CT molecular complexity index is 1350. The van der Waals surface area contributed by atoms with Crippen molar-refractivity contribution in [3.8, 4) is 22.6 Å². The largest absolute Gasteiger partial charge is 0.382 e. The van der Waals surface area contributed by atoms with Gasteiger partial charge >= 0.3 is 0 Å². The molecular weight excluding hydrogens is 442 g/mol. The lowest BCUT2D eigenvalue weighted by Crippen LogP contribution is -2.39. The van der Waals surface area contributed by atoms with Gasteiger partial charge in [-0.3, -0.25) is 14.5 Å². The van der Waals surface area contributed by atoms with E-state index in [2.05, 4.69) is 25.4 Å². The van der Waals surface area contributed by atoms with Crippen molar-refractivity contribution >= 4 is 34.2 Å². The second-order valence-corrected chi connectivity index (χ2v) is 8.33. The van der Waals surface area contributed by atoms with Crippen molar-refractivity contribution in [1.82, 2.24) is 30.0 Å². The lowest BCUT2D eigenvalue weighted by molar-refractivity contribution is 0.0694. The number of ether oxygens (including phenoxy) is 1. The lowest BCUT2D eigenvalue weighted by atomic mass is 10.0. The number of hydrogen-bond donors (Lipinski definition) is 2. The summed E-state index contributed by atoms with van der Waals surface area (Å²) >= 11 is 6.53. The zero-order valence-corrected chi connectivity index (χ0v) is 18.7. The molecule has 0 unspecified atom stereocenters. The number of anilines is 1. The number of nitrogens with two attached hydrogens (primary N) is 1. The number of nitrogens with one attached hydrogen (secondary N) is 1. The summed E-state index contributed by atoms with van der Waals surface area (Å²) in [6, 6.07) is 9.27. The maximum atomic E-state index is 13.1. The molecular formula is C23H22ClN7O2. The van der Waals surface area contributed by atoms with E-state index in [1.807, 2.05) is 31.3 Å². The quantitative estimate of drug-likeness (QED) is 0.476. The van der Waals surface area contributed by atoms with Gasteiger partial charge in [0.15, 0.2) is 11.5 Å². The molecule has 3 N–H and O–H groups in total. The minimum atomic E-state index is -0.366. The average Bonchev–Trinajstić information content (AvgIpc) is 3.25.